The van der Waals surface area contributed by atoms with Crippen LogP contribution in [0.5, 0.6) is 0 Å². The zero-order chi connectivity index (χ0) is 39.3. The van der Waals surface area contributed by atoms with Crippen molar-refractivity contribution in [1.82, 2.24) is 0 Å². The topological polar surface area (TPSA) is 111 Å². The van der Waals surface area contributed by atoms with E-state index < -0.39 is 32.5 Å². The highest BCUT2D eigenvalue weighted by Crippen LogP contribution is 2.38. The fourth-order valence-electron chi connectivity index (χ4n) is 5.50. The number of allylic oxidation sites excluding steroid dienone is 6. The van der Waals surface area contributed by atoms with E-state index in [4.69, 9.17) is 18.5 Å². The van der Waals surface area contributed by atoms with E-state index in [0.717, 1.165) is 70.6 Å². The van der Waals surface area contributed by atoms with Crippen LogP contribution < -0.4 is 4.89 Å². The van der Waals surface area contributed by atoms with Crippen LogP contribution in [0, 0.1) is 0 Å². The highest BCUT2D eigenvalue weighted by atomic mass is 31.2. The summed E-state index contributed by atoms with van der Waals surface area (Å²) in [6.07, 6.45) is 38.8. The minimum atomic E-state index is -4.62. The molecule has 0 aromatic carbocycles. The normalized spacial score (nSPS) is 14.0. The number of rotatable bonds is 38. The number of carbonyl (C=O) groups excluding carboxylic acids is 2. The Morgan fingerprint density at radius 2 is 1.02 bits per heavy atom. The molecule has 0 heterocycles. The number of hydrogen-bond donors (Lipinski definition) is 0. The van der Waals surface area contributed by atoms with Gasteiger partial charge in [-0.25, -0.2) is 0 Å². The molecule has 0 radical (unpaired) electrons. The van der Waals surface area contributed by atoms with Gasteiger partial charge in [0.05, 0.1) is 27.7 Å². The molecule has 1 unspecified atom stereocenters. The number of likely N-dealkylation sites (N-methyl/N-ethyl adjacent to an activating group) is 1. The van der Waals surface area contributed by atoms with Crippen molar-refractivity contribution >= 4 is 19.8 Å². The van der Waals surface area contributed by atoms with Crippen molar-refractivity contribution < 1.29 is 42.1 Å². The molecule has 0 fully saturated rings. The average Bonchev–Trinajstić information content (AvgIpc) is 3.10. The van der Waals surface area contributed by atoms with E-state index in [1.807, 2.05) is 21.1 Å². The van der Waals surface area contributed by atoms with Crippen LogP contribution in [0.15, 0.2) is 36.5 Å². The molecule has 0 bridgehead atoms. The lowest BCUT2D eigenvalue weighted by Crippen LogP contribution is -2.37. The van der Waals surface area contributed by atoms with Crippen LogP contribution >= 0.6 is 7.82 Å². The van der Waals surface area contributed by atoms with Gasteiger partial charge in [0.1, 0.15) is 19.8 Å². The summed E-state index contributed by atoms with van der Waals surface area (Å²) in [5.41, 5.74) is 0. The molecule has 0 spiro atoms. The number of ether oxygens (including phenoxy) is 2. The van der Waals surface area contributed by atoms with Gasteiger partial charge in [0.15, 0.2) is 6.10 Å². The van der Waals surface area contributed by atoms with Gasteiger partial charge in [0.25, 0.3) is 7.82 Å². The lowest BCUT2D eigenvalue weighted by molar-refractivity contribution is -0.870. The molecule has 310 valence electrons. The predicted molar refractivity (Wildman–Crippen MR) is 217 cm³/mol. The van der Waals surface area contributed by atoms with Gasteiger partial charge >= 0.3 is 11.9 Å². The second-order valence-corrected chi connectivity index (χ2v) is 16.8. The molecule has 10 heteroatoms. The summed E-state index contributed by atoms with van der Waals surface area (Å²) in [6, 6.07) is 0. The maximum atomic E-state index is 12.6. The highest BCUT2D eigenvalue weighted by molar-refractivity contribution is 7.45. The standard InChI is InChI=1S/C43H80NO8P/c1-6-8-10-12-14-16-18-20-21-22-23-24-26-28-30-32-34-36-43(46)52-41(40-51-53(47,48)50-38-37-44(3,4)5)39-49-42(45)35-33-31-29-27-25-19-17-15-13-11-9-7-2/h14-17,20-21,41H,6-13,18-19,22-40H2,1-5H3/b16-14-,17-15-,21-20-/t41-/m1/s1. The Morgan fingerprint density at radius 1 is 0.585 bits per heavy atom. The van der Waals surface area contributed by atoms with Crippen molar-refractivity contribution in [3.63, 3.8) is 0 Å². The van der Waals surface area contributed by atoms with Gasteiger partial charge in [-0.05, 0) is 70.6 Å². The number of hydrogen-bond acceptors (Lipinski definition) is 8. The van der Waals surface area contributed by atoms with Gasteiger partial charge < -0.3 is 27.9 Å². The zero-order valence-electron chi connectivity index (χ0n) is 34.7. The summed E-state index contributed by atoms with van der Waals surface area (Å²) in [4.78, 5) is 37.4. The molecule has 0 saturated carbocycles. The van der Waals surface area contributed by atoms with Crippen LogP contribution in [0.2, 0.25) is 0 Å². The van der Waals surface area contributed by atoms with E-state index in [9.17, 15) is 19.0 Å². The van der Waals surface area contributed by atoms with Crippen LogP contribution in [0.3, 0.4) is 0 Å². The monoisotopic (exact) mass is 770 g/mol. The first-order valence-corrected chi connectivity index (χ1v) is 22.7. The molecule has 53 heavy (non-hydrogen) atoms. The smallest absolute Gasteiger partial charge is 0.306 e. The second-order valence-electron chi connectivity index (χ2n) is 15.3. The first-order valence-electron chi connectivity index (χ1n) is 21.2. The Bertz CT molecular complexity index is 1010. The van der Waals surface area contributed by atoms with Gasteiger partial charge in [-0.2, -0.15) is 0 Å². The lowest BCUT2D eigenvalue weighted by atomic mass is 10.1. The molecular weight excluding hydrogens is 689 g/mol. The minimum Gasteiger partial charge on any atom is -0.756 e. The molecule has 0 N–H and O–H groups in total. The summed E-state index contributed by atoms with van der Waals surface area (Å²) in [6.45, 7) is 4.15. The van der Waals surface area contributed by atoms with Gasteiger partial charge in [0.2, 0.25) is 0 Å². The molecule has 9 nitrogen and oxygen atoms in total. The van der Waals surface area contributed by atoms with Crippen molar-refractivity contribution in [2.24, 2.45) is 0 Å². The molecule has 2 atom stereocenters. The van der Waals surface area contributed by atoms with Gasteiger partial charge in [-0.1, -0.05) is 127 Å². The van der Waals surface area contributed by atoms with Gasteiger partial charge in [0, 0.05) is 12.8 Å². The van der Waals surface area contributed by atoms with E-state index in [1.165, 1.54) is 70.6 Å². The van der Waals surface area contributed by atoms with E-state index in [1.54, 1.807) is 0 Å². The first kappa shape index (κ1) is 51.2. The second kappa shape index (κ2) is 35.9. The maximum Gasteiger partial charge on any atom is 0.306 e. The maximum absolute atomic E-state index is 12.6. The summed E-state index contributed by atoms with van der Waals surface area (Å²) in [7, 11) is 1.15. The zero-order valence-corrected chi connectivity index (χ0v) is 35.6. The van der Waals surface area contributed by atoms with Crippen molar-refractivity contribution in [1.29, 1.82) is 0 Å². The largest absolute Gasteiger partial charge is 0.756 e. The molecule has 0 aliphatic rings. The Kier molecular flexibility index (Phi) is 34.7. The van der Waals surface area contributed by atoms with Crippen LogP contribution in [0.1, 0.15) is 174 Å². The summed E-state index contributed by atoms with van der Waals surface area (Å²) in [5, 5.41) is 0. The third-order valence-corrected chi connectivity index (χ3v) is 9.85. The number of esters is 2. The Labute approximate surface area is 325 Å². The summed E-state index contributed by atoms with van der Waals surface area (Å²) >= 11 is 0. The highest BCUT2D eigenvalue weighted by Gasteiger charge is 2.21. The molecule has 0 aliphatic heterocycles. The van der Waals surface area contributed by atoms with Crippen LogP contribution in [0.4, 0.5) is 0 Å². The van der Waals surface area contributed by atoms with Crippen LogP contribution in [-0.4, -0.2) is 70.0 Å². The number of nitrogens with zero attached hydrogens (tertiary/aromatic N) is 1. The minimum absolute atomic E-state index is 0.0341. The number of quaternary nitrogens is 1. The average molecular weight is 770 g/mol. The third-order valence-electron chi connectivity index (χ3n) is 8.88. The van der Waals surface area contributed by atoms with E-state index in [0.29, 0.717) is 17.4 Å². The number of phosphoric ester groups is 1. The van der Waals surface area contributed by atoms with Gasteiger partial charge in [-0.15, -0.1) is 0 Å². The third kappa shape index (κ3) is 39.7. The molecule has 0 aliphatic carbocycles. The Morgan fingerprint density at radius 3 is 1.51 bits per heavy atom. The Balaban J connectivity index is 4.40. The van der Waals surface area contributed by atoms with E-state index >= 15 is 0 Å². The molecule has 0 saturated heterocycles. The number of phosphoric acid groups is 1. The van der Waals surface area contributed by atoms with E-state index in [2.05, 4.69) is 50.3 Å². The molecule has 0 rings (SSSR count). The lowest BCUT2D eigenvalue weighted by Gasteiger charge is -2.28. The first-order chi connectivity index (χ1) is 25.5. The SMILES string of the molecule is CCCCC/C=C\C/C=C\CCCCCCCCCC(=O)O[C@H](COC(=O)CCCCCCC/C=C\CCCCC)COP(=O)([O-])OCC[N+](C)(C)C. The van der Waals surface area contributed by atoms with Gasteiger partial charge in [-0.3, -0.25) is 14.2 Å². The van der Waals surface area contributed by atoms with Crippen molar-refractivity contribution in [3.8, 4) is 0 Å². The molecule has 0 amide bonds. The molecule has 0 aromatic rings. The molecular formula is C43H80NO8P. The Hall–Kier alpha value is -1.77. The fourth-order valence-corrected chi connectivity index (χ4v) is 6.23. The quantitative estimate of drug-likeness (QED) is 0.0201. The predicted octanol–water partition coefficient (Wildman–Crippen LogP) is 11.1. The fraction of sp³-hybridized carbons (Fsp3) is 0.814. The van der Waals surface area contributed by atoms with Crippen LogP contribution in [0.25, 0.3) is 0 Å². The van der Waals surface area contributed by atoms with E-state index in [-0.39, 0.29) is 26.1 Å². The number of carbonyl (C=O) groups is 2. The summed E-state index contributed by atoms with van der Waals surface area (Å²) < 4.78 is 33.8. The molecule has 0 aromatic heterocycles. The van der Waals surface area contributed by atoms with Crippen molar-refractivity contribution in [2.75, 3.05) is 47.5 Å². The van der Waals surface area contributed by atoms with Crippen LogP contribution in [-0.2, 0) is 32.7 Å². The van der Waals surface area contributed by atoms with Crippen molar-refractivity contribution in [2.45, 2.75) is 180 Å². The number of unbranched alkanes of at least 4 members (excludes halogenated alkanes) is 18. The van der Waals surface area contributed by atoms with Crippen molar-refractivity contribution in [3.05, 3.63) is 36.5 Å². The summed E-state index contributed by atoms with van der Waals surface area (Å²) in [5.74, 6) is -0.855.